The van der Waals surface area contributed by atoms with E-state index in [1.807, 2.05) is 49.6 Å². The van der Waals surface area contributed by atoms with E-state index in [4.69, 9.17) is 0 Å². The van der Waals surface area contributed by atoms with Crippen molar-refractivity contribution >= 4 is 21.9 Å². The lowest BCUT2D eigenvalue weighted by atomic mass is 9.99. The standard InChI is InChI=1S/C27H20FN5/c1-15-8-17(10-19(28)9-15)20-4-3-5-24-21(20)12-25(31-24)26-22-11-18(13-30-27(22)33-32-26)23-14-29-7-6-16(23)2/h3-14,31H,1-2H3,(H,30,32,33). The van der Waals surface area contributed by atoms with Crippen LogP contribution < -0.4 is 0 Å². The maximum Gasteiger partial charge on any atom is 0.155 e. The molecule has 0 aliphatic rings. The SMILES string of the molecule is Cc1cc(F)cc(-c2cccc3[nH]c(-c4n[nH]c5ncc(-c6cnccc6C)cc45)cc23)c1. The van der Waals surface area contributed by atoms with Gasteiger partial charge in [-0.15, -0.1) is 0 Å². The summed E-state index contributed by atoms with van der Waals surface area (Å²) < 4.78 is 14.1. The lowest BCUT2D eigenvalue weighted by Gasteiger charge is -2.05. The Labute approximate surface area is 189 Å². The van der Waals surface area contributed by atoms with Crippen molar-refractivity contribution in [2.75, 3.05) is 0 Å². The molecule has 6 rings (SSSR count). The lowest BCUT2D eigenvalue weighted by molar-refractivity contribution is 0.627. The molecule has 0 fully saturated rings. The van der Waals surface area contributed by atoms with Gasteiger partial charge in [-0.05, 0) is 72.5 Å². The summed E-state index contributed by atoms with van der Waals surface area (Å²) in [6, 6.07) is 17.3. The minimum Gasteiger partial charge on any atom is -0.353 e. The summed E-state index contributed by atoms with van der Waals surface area (Å²) in [7, 11) is 0. The Balaban J connectivity index is 1.52. The van der Waals surface area contributed by atoms with E-state index in [9.17, 15) is 4.39 Å². The van der Waals surface area contributed by atoms with Gasteiger partial charge in [0.25, 0.3) is 0 Å². The molecule has 33 heavy (non-hydrogen) atoms. The number of pyridine rings is 2. The molecule has 0 saturated heterocycles. The third-order valence-corrected chi connectivity index (χ3v) is 6.04. The molecule has 6 heteroatoms. The third-order valence-electron chi connectivity index (χ3n) is 6.04. The number of aromatic nitrogens is 5. The predicted octanol–water partition coefficient (Wildman–Crippen LogP) is 6.59. The summed E-state index contributed by atoms with van der Waals surface area (Å²) in [4.78, 5) is 12.3. The number of rotatable bonds is 3. The number of benzene rings is 2. The number of H-pyrrole nitrogens is 2. The van der Waals surface area contributed by atoms with Gasteiger partial charge in [-0.25, -0.2) is 9.37 Å². The summed E-state index contributed by atoms with van der Waals surface area (Å²) in [5.41, 5.74) is 9.23. The fraction of sp³-hybridized carbons (Fsp3) is 0.0741. The second kappa shape index (κ2) is 7.38. The van der Waals surface area contributed by atoms with Gasteiger partial charge in [-0.1, -0.05) is 18.2 Å². The van der Waals surface area contributed by atoms with Crippen molar-refractivity contribution in [2.24, 2.45) is 0 Å². The van der Waals surface area contributed by atoms with Crippen LogP contribution in [0.4, 0.5) is 4.39 Å². The zero-order chi connectivity index (χ0) is 22.5. The molecule has 2 N–H and O–H groups in total. The Kier molecular flexibility index (Phi) is 4.33. The van der Waals surface area contributed by atoms with E-state index >= 15 is 0 Å². The molecule has 0 aliphatic heterocycles. The van der Waals surface area contributed by atoms with Crippen LogP contribution in [0.1, 0.15) is 11.1 Å². The van der Waals surface area contributed by atoms with E-state index in [1.54, 1.807) is 12.3 Å². The molecule has 4 heterocycles. The highest BCUT2D eigenvalue weighted by molar-refractivity contribution is 6.01. The molecule has 4 aromatic heterocycles. The fourth-order valence-electron chi connectivity index (χ4n) is 4.45. The Morgan fingerprint density at radius 3 is 2.61 bits per heavy atom. The second-order valence-electron chi connectivity index (χ2n) is 8.35. The zero-order valence-corrected chi connectivity index (χ0v) is 18.1. The number of nitrogens with zero attached hydrogens (tertiary/aromatic N) is 3. The van der Waals surface area contributed by atoms with E-state index < -0.39 is 0 Å². The fourth-order valence-corrected chi connectivity index (χ4v) is 4.45. The molecule has 160 valence electrons. The first-order chi connectivity index (χ1) is 16.1. The zero-order valence-electron chi connectivity index (χ0n) is 18.1. The molecule has 0 bridgehead atoms. The molecular weight excluding hydrogens is 413 g/mol. The number of aromatic amines is 2. The van der Waals surface area contributed by atoms with Gasteiger partial charge >= 0.3 is 0 Å². The van der Waals surface area contributed by atoms with Crippen LogP contribution in [0, 0.1) is 19.7 Å². The summed E-state index contributed by atoms with van der Waals surface area (Å²) in [6.45, 7) is 3.96. The van der Waals surface area contributed by atoms with Crippen LogP contribution in [0.15, 0.2) is 73.2 Å². The molecule has 5 nitrogen and oxygen atoms in total. The van der Waals surface area contributed by atoms with Gasteiger partial charge in [0, 0.05) is 46.0 Å². The van der Waals surface area contributed by atoms with Crippen LogP contribution in [-0.4, -0.2) is 25.1 Å². The minimum absolute atomic E-state index is 0.236. The summed E-state index contributed by atoms with van der Waals surface area (Å²) in [5.74, 6) is -0.236. The molecule has 0 unspecified atom stereocenters. The van der Waals surface area contributed by atoms with Crippen molar-refractivity contribution in [3.05, 3.63) is 90.1 Å². The topological polar surface area (TPSA) is 70.2 Å². The van der Waals surface area contributed by atoms with Crippen LogP contribution in [0.5, 0.6) is 0 Å². The highest BCUT2D eigenvalue weighted by Gasteiger charge is 2.15. The van der Waals surface area contributed by atoms with Gasteiger partial charge in [0.15, 0.2) is 5.65 Å². The normalized spacial score (nSPS) is 11.5. The maximum absolute atomic E-state index is 14.1. The van der Waals surface area contributed by atoms with E-state index in [1.165, 1.54) is 6.07 Å². The Morgan fingerprint density at radius 2 is 1.76 bits per heavy atom. The molecule has 0 amide bonds. The van der Waals surface area contributed by atoms with Crippen LogP contribution in [0.3, 0.4) is 0 Å². The van der Waals surface area contributed by atoms with Crippen molar-refractivity contribution in [3.63, 3.8) is 0 Å². The monoisotopic (exact) mass is 433 g/mol. The van der Waals surface area contributed by atoms with E-state index in [0.717, 1.165) is 66.7 Å². The smallest absolute Gasteiger partial charge is 0.155 e. The molecule has 0 atom stereocenters. The number of hydrogen-bond donors (Lipinski definition) is 2. The first-order valence-electron chi connectivity index (χ1n) is 10.7. The first kappa shape index (κ1) is 19.4. The van der Waals surface area contributed by atoms with E-state index in [2.05, 4.69) is 44.2 Å². The molecule has 2 aromatic carbocycles. The number of aryl methyl sites for hydroxylation is 2. The summed E-state index contributed by atoms with van der Waals surface area (Å²) in [5, 5.41) is 9.53. The predicted molar refractivity (Wildman–Crippen MR) is 129 cm³/mol. The van der Waals surface area contributed by atoms with Crippen molar-refractivity contribution in [2.45, 2.75) is 13.8 Å². The van der Waals surface area contributed by atoms with Gasteiger partial charge < -0.3 is 4.98 Å². The number of fused-ring (bicyclic) bond motifs is 2. The number of hydrogen-bond acceptors (Lipinski definition) is 3. The lowest BCUT2D eigenvalue weighted by Crippen LogP contribution is -1.87. The first-order valence-corrected chi connectivity index (χ1v) is 10.7. The highest BCUT2D eigenvalue weighted by Crippen LogP contribution is 2.35. The quantitative estimate of drug-likeness (QED) is 0.331. The van der Waals surface area contributed by atoms with Crippen molar-refractivity contribution in [3.8, 4) is 33.6 Å². The Bertz CT molecular complexity index is 1640. The highest BCUT2D eigenvalue weighted by atomic mass is 19.1. The Morgan fingerprint density at radius 1 is 0.848 bits per heavy atom. The molecule has 0 saturated carbocycles. The van der Waals surface area contributed by atoms with Gasteiger partial charge in [-0.2, -0.15) is 5.10 Å². The van der Waals surface area contributed by atoms with E-state index in [0.29, 0.717) is 0 Å². The van der Waals surface area contributed by atoms with Crippen molar-refractivity contribution < 1.29 is 4.39 Å². The molecule has 0 radical (unpaired) electrons. The summed E-state index contributed by atoms with van der Waals surface area (Å²) in [6.07, 6.45) is 5.48. The average Bonchev–Trinajstić information content (AvgIpc) is 3.42. The van der Waals surface area contributed by atoms with E-state index in [-0.39, 0.29) is 5.82 Å². The number of halogens is 1. The molecular formula is C27H20FN5. The van der Waals surface area contributed by atoms with Crippen LogP contribution in [0.2, 0.25) is 0 Å². The Hall–Kier alpha value is -4.32. The molecule has 0 aliphatic carbocycles. The van der Waals surface area contributed by atoms with Crippen LogP contribution in [-0.2, 0) is 0 Å². The van der Waals surface area contributed by atoms with Gasteiger partial charge in [0.1, 0.15) is 11.5 Å². The second-order valence-corrected chi connectivity index (χ2v) is 8.35. The van der Waals surface area contributed by atoms with Gasteiger partial charge in [0.2, 0.25) is 0 Å². The van der Waals surface area contributed by atoms with Gasteiger partial charge in [-0.3, -0.25) is 10.1 Å². The summed E-state index contributed by atoms with van der Waals surface area (Å²) >= 11 is 0. The molecule has 6 aromatic rings. The minimum atomic E-state index is -0.236. The number of nitrogens with one attached hydrogen (secondary N) is 2. The van der Waals surface area contributed by atoms with Crippen molar-refractivity contribution in [1.29, 1.82) is 0 Å². The van der Waals surface area contributed by atoms with Gasteiger partial charge in [0.05, 0.1) is 5.69 Å². The average molecular weight is 433 g/mol. The maximum atomic E-state index is 14.1. The third kappa shape index (κ3) is 3.27. The van der Waals surface area contributed by atoms with Crippen LogP contribution in [0.25, 0.3) is 55.6 Å². The van der Waals surface area contributed by atoms with Crippen LogP contribution >= 0.6 is 0 Å². The van der Waals surface area contributed by atoms with Crippen molar-refractivity contribution in [1.82, 2.24) is 25.1 Å². The molecule has 0 spiro atoms. The largest absolute Gasteiger partial charge is 0.353 e.